The lowest BCUT2D eigenvalue weighted by molar-refractivity contribution is 0.0831. The summed E-state index contributed by atoms with van der Waals surface area (Å²) in [6.45, 7) is 1.89. The van der Waals surface area contributed by atoms with Crippen LogP contribution in [0.5, 0.6) is 0 Å². The largest absolute Gasteiger partial charge is 0.380 e. The maximum absolute atomic E-state index is 13.0. The Morgan fingerprint density at radius 3 is 2.81 bits per heavy atom. The lowest BCUT2D eigenvalue weighted by Gasteiger charge is -2.22. The van der Waals surface area contributed by atoms with Crippen molar-refractivity contribution < 1.29 is 9.13 Å². The lowest BCUT2D eigenvalue weighted by Crippen LogP contribution is -2.45. The molecule has 0 aliphatic carbocycles. The molecule has 5 heteroatoms. The number of rotatable bonds is 5. The van der Waals surface area contributed by atoms with Crippen molar-refractivity contribution in [1.82, 2.24) is 5.43 Å². The Morgan fingerprint density at radius 1 is 1.56 bits per heavy atom. The van der Waals surface area contributed by atoms with Crippen molar-refractivity contribution in [3.63, 3.8) is 0 Å². The van der Waals surface area contributed by atoms with Crippen LogP contribution in [-0.2, 0) is 11.2 Å². The molecule has 2 unspecified atom stereocenters. The zero-order chi connectivity index (χ0) is 12.1. The molecule has 0 saturated heterocycles. The van der Waals surface area contributed by atoms with Crippen molar-refractivity contribution in [3.8, 4) is 0 Å². The first-order valence-electron chi connectivity index (χ1n) is 5.01. The molecular formula is C11H16ClFN2O. The van der Waals surface area contributed by atoms with Crippen molar-refractivity contribution >= 4 is 11.6 Å². The average Bonchev–Trinajstić information content (AvgIpc) is 2.29. The summed E-state index contributed by atoms with van der Waals surface area (Å²) in [4.78, 5) is 0. The molecule has 0 aliphatic rings. The predicted molar refractivity (Wildman–Crippen MR) is 62.7 cm³/mol. The zero-order valence-corrected chi connectivity index (χ0v) is 10.1. The number of hydrogen-bond donors (Lipinski definition) is 2. The molecule has 16 heavy (non-hydrogen) atoms. The van der Waals surface area contributed by atoms with E-state index in [1.807, 2.05) is 6.92 Å². The molecule has 0 heterocycles. The Hall–Kier alpha value is -0.680. The second-order valence-corrected chi connectivity index (χ2v) is 4.06. The van der Waals surface area contributed by atoms with E-state index in [4.69, 9.17) is 22.2 Å². The van der Waals surface area contributed by atoms with Gasteiger partial charge in [-0.25, -0.2) is 4.39 Å². The average molecular weight is 247 g/mol. The van der Waals surface area contributed by atoms with Gasteiger partial charge in [0.2, 0.25) is 0 Å². The van der Waals surface area contributed by atoms with Gasteiger partial charge < -0.3 is 4.74 Å². The van der Waals surface area contributed by atoms with Crippen LogP contribution in [0.25, 0.3) is 0 Å². The van der Waals surface area contributed by atoms with E-state index in [0.717, 1.165) is 0 Å². The van der Waals surface area contributed by atoms with Gasteiger partial charge in [0.1, 0.15) is 5.82 Å². The molecule has 3 N–H and O–H groups in total. The van der Waals surface area contributed by atoms with Gasteiger partial charge in [-0.2, -0.15) is 0 Å². The van der Waals surface area contributed by atoms with Crippen molar-refractivity contribution in [3.05, 3.63) is 34.6 Å². The van der Waals surface area contributed by atoms with Gasteiger partial charge in [0.15, 0.2) is 0 Å². The predicted octanol–water partition coefficient (Wildman–Crippen LogP) is 1.89. The van der Waals surface area contributed by atoms with Gasteiger partial charge >= 0.3 is 0 Å². The van der Waals surface area contributed by atoms with Crippen LogP contribution in [0.4, 0.5) is 4.39 Å². The second kappa shape index (κ2) is 6.15. The first kappa shape index (κ1) is 13.4. The molecule has 1 aromatic rings. The van der Waals surface area contributed by atoms with Crippen LogP contribution in [-0.4, -0.2) is 19.3 Å². The Morgan fingerprint density at radius 2 is 2.25 bits per heavy atom. The summed E-state index contributed by atoms with van der Waals surface area (Å²) in [5.74, 6) is 5.11. The van der Waals surface area contributed by atoms with E-state index in [1.165, 1.54) is 18.2 Å². The number of benzene rings is 1. The Kier molecular flexibility index (Phi) is 5.15. The van der Waals surface area contributed by atoms with E-state index >= 15 is 0 Å². The van der Waals surface area contributed by atoms with Crippen LogP contribution in [0.15, 0.2) is 18.2 Å². The number of nitrogens with one attached hydrogen (secondary N) is 1. The fourth-order valence-electron chi connectivity index (χ4n) is 1.46. The van der Waals surface area contributed by atoms with E-state index in [2.05, 4.69) is 5.43 Å². The molecule has 1 rings (SSSR count). The first-order valence-corrected chi connectivity index (χ1v) is 5.39. The third kappa shape index (κ3) is 3.42. The van der Waals surface area contributed by atoms with E-state index in [-0.39, 0.29) is 18.0 Å². The third-order valence-electron chi connectivity index (χ3n) is 2.60. The molecule has 90 valence electrons. The number of hydrazine groups is 1. The second-order valence-electron chi connectivity index (χ2n) is 3.65. The van der Waals surface area contributed by atoms with Crippen LogP contribution >= 0.6 is 11.6 Å². The van der Waals surface area contributed by atoms with Gasteiger partial charge in [-0.3, -0.25) is 11.3 Å². The summed E-state index contributed by atoms with van der Waals surface area (Å²) in [6.07, 6.45) is 0.437. The van der Waals surface area contributed by atoms with Crippen LogP contribution in [0.1, 0.15) is 12.5 Å². The van der Waals surface area contributed by atoms with Crippen LogP contribution < -0.4 is 11.3 Å². The van der Waals surface area contributed by atoms with Crippen molar-refractivity contribution in [2.24, 2.45) is 5.84 Å². The van der Waals surface area contributed by atoms with E-state index in [1.54, 1.807) is 7.11 Å². The van der Waals surface area contributed by atoms with Crippen molar-refractivity contribution in [1.29, 1.82) is 0 Å². The molecule has 0 amide bonds. The number of hydrogen-bond acceptors (Lipinski definition) is 3. The van der Waals surface area contributed by atoms with Gasteiger partial charge in [-0.15, -0.1) is 0 Å². The molecule has 2 atom stereocenters. The van der Waals surface area contributed by atoms with Crippen molar-refractivity contribution in [2.75, 3.05) is 7.11 Å². The molecule has 0 spiro atoms. The number of methoxy groups -OCH3 is 1. The highest BCUT2D eigenvalue weighted by Gasteiger charge is 2.17. The smallest absolute Gasteiger partial charge is 0.123 e. The maximum Gasteiger partial charge on any atom is 0.123 e. The molecule has 3 nitrogen and oxygen atoms in total. The highest BCUT2D eigenvalue weighted by atomic mass is 35.5. The summed E-state index contributed by atoms with van der Waals surface area (Å²) in [5.41, 5.74) is 3.36. The summed E-state index contributed by atoms with van der Waals surface area (Å²) in [5, 5.41) is 0.532. The summed E-state index contributed by atoms with van der Waals surface area (Å²) < 4.78 is 18.2. The topological polar surface area (TPSA) is 47.3 Å². The quantitative estimate of drug-likeness (QED) is 0.616. The summed E-state index contributed by atoms with van der Waals surface area (Å²) in [7, 11) is 1.60. The van der Waals surface area contributed by atoms with Gasteiger partial charge in [0, 0.05) is 12.1 Å². The normalized spacial score (nSPS) is 14.8. The standard InChI is InChI=1S/C11H16ClFN2O/c1-7(16-2)11(15-14)6-8-5-9(13)3-4-10(8)12/h3-5,7,11,15H,6,14H2,1-2H3. The molecule has 0 fully saturated rings. The first-order chi connectivity index (χ1) is 7.58. The lowest BCUT2D eigenvalue weighted by atomic mass is 10.0. The number of halogens is 2. The van der Waals surface area contributed by atoms with Crippen molar-refractivity contribution in [2.45, 2.75) is 25.5 Å². The molecule has 0 aromatic heterocycles. The molecule has 0 saturated carbocycles. The fraction of sp³-hybridized carbons (Fsp3) is 0.455. The molecule has 0 radical (unpaired) electrons. The van der Waals surface area contributed by atoms with Crippen LogP contribution in [0.3, 0.4) is 0 Å². The Labute approximate surface area is 99.7 Å². The van der Waals surface area contributed by atoms with Gasteiger partial charge in [-0.05, 0) is 37.1 Å². The monoisotopic (exact) mass is 246 g/mol. The van der Waals surface area contributed by atoms with Gasteiger partial charge in [-0.1, -0.05) is 11.6 Å². The van der Waals surface area contributed by atoms with Crippen LogP contribution in [0.2, 0.25) is 5.02 Å². The Balaban J connectivity index is 2.81. The molecule has 0 bridgehead atoms. The highest BCUT2D eigenvalue weighted by molar-refractivity contribution is 6.31. The highest BCUT2D eigenvalue weighted by Crippen LogP contribution is 2.19. The minimum atomic E-state index is -0.305. The fourth-order valence-corrected chi connectivity index (χ4v) is 1.66. The van der Waals surface area contributed by atoms with E-state index in [0.29, 0.717) is 17.0 Å². The molecular weight excluding hydrogens is 231 g/mol. The van der Waals surface area contributed by atoms with E-state index < -0.39 is 0 Å². The summed E-state index contributed by atoms with van der Waals surface area (Å²) in [6, 6.07) is 4.17. The van der Waals surface area contributed by atoms with Gasteiger partial charge in [0.05, 0.1) is 12.1 Å². The van der Waals surface area contributed by atoms with Crippen LogP contribution in [0, 0.1) is 5.82 Å². The number of nitrogens with two attached hydrogens (primary N) is 1. The minimum Gasteiger partial charge on any atom is -0.380 e. The molecule has 1 aromatic carbocycles. The third-order valence-corrected chi connectivity index (χ3v) is 2.97. The SMILES string of the molecule is COC(C)C(Cc1cc(F)ccc1Cl)NN. The maximum atomic E-state index is 13.0. The minimum absolute atomic E-state index is 0.0793. The molecule has 0 aliphatic heterocycles. The Bertz CT molecular complexity index is 349. The van der Waals surface area contributed by atoms with E-state index in [9.17, 15) is 4.39 Å². The zero-order valence-electron chi connectivity index (χ0n) is 9.34. The summed E-state index contributed by atoms with van der Waals surface area (Å²) >= 11 is 5.97. The van der Waals surface area contributed by atoms with Gasteiger partial charge in [0.25, 0.3) is 0 Å². The number of ether oxygens (including phenoxy) is 1.